The van der Waals surface area contributed by atoms with Gasteiger partial charge in [-0.05, 0) is 23.3 Å². The molecule has 1 aliphatic heterocycles. The van der Waals surface area contributed by atoms with E-state index in [1.54, 1.807) is 0 Å². The van der Waals surface area contributed by atoms with Crippen LogP contribution in [0.1, 0.15) is 35.3 Å². The molecule has 1 heterocycles. The molecule has 0 saturated heterocycles. The summed E-state index contributed by atoms with van der Waals surface area (Å²) in [5.41, 5.74) is 3.45. The molecule has 2 atom stereocenters. The van der Waals surface area contributed by atoms with Crippen LogP contribution in [-0.2, 0) is 4.74 Å². The van der Waals surface area contributed by atoms with E-state index in [0.717, 1.165) is 17.9 Å². The molecule has 0 unspecified atom stereocenters. The first-order valence-corrected chi connectivity index (χ1v) is 8.30. The van der Waals surface area contributed by atoms with Crippen LogP contribution in [0.25, 0.3) is 0 Å². The van der Waals surface area contributed by atoms with Gasteiger partial charge in [0, 0.05) is 12.0 Å². The second-order valence-corrected chi connectivity index (χ2v) is 5.98. The van der Waals surface area contributed by atoms with Crippen molar-refractivity contribution in [3.63, 3.8) is 0 Å². The van der Waals surface area contributed by atoms with Crippen LogP contribution in [-0.4, -0.2) is 5.90 Å². The van der Waals surface area contributed by atoms with E-state index in [1.807, 2.05) is 42.5 Å². The molecule has 0 amide bonds. The van der Waals surface area contributed by atoms with Crippen molar-refractivity contribution in [3.8, 4) is 0 Å². The van der Waals surface area contributed by atoms with Crippen molar-refractivity contribution in [2.24, 2.45) is 4.99 Å². The van der Waals surface area contributed by atoms with Gasteiger partial charge >= 0.3 is 0 Å². The summed E-state index contributed by atoms with van der Waals surface area (Å²) in [4.78, 5) is 4.89. The lowest BCUT2D eigenvalue weighted by Crippen LogP contribution is -2.21. The number of hydrogen-bond donors (Lipinski definition) is 0. The summed E-state index contributed by atoms with van der Waals surface area (Å²) in [6, 6.07) is 31.1. The van der Waals surface area contributed by atoms with Gasteiger partial charge in [0.25, 0.3) is 0 Å². The van der Waals surface area contributed by atoms with Crippen LogP contribution < -0.4 is 0 Å². The average molecular weight is 313 g/mol. The summed E-state index contributed by atoms with van der Waals surface area (Å²) in [6.45, 7) is 0. The van der Waals surface area contributed by atoms with Gasteiger partial charge in [0.1, 0.15) is 6.10 Å². The fourth-order valence-corrected chi connectivity index (χ4v) is 3.09. The van der Waals surface area contributed by atoms with Crippen LogP contribution in [0.15, 0.2) is 96.0 Å². The lowest BCUT2D eigenvalue weighted by atomic mass is 9.95. The quantitative estimate of drug-likeness (QED) is 0.640. The Morgan fingerprint density at radius 2 is 1.21 bits per heavy atom. The third kappa shape index (κ3) is 3.09. The van der Waals surface area contributed by atoms with Crippen molar-refractivity contribution in [3.05, 3.63) is 108 Å². The lowest BCUT2D eigenvalue weighted by molar-refractivity contribution is 0.152. The summed E-state index contributed by atoms with van der Waals surface area (Å²) in [7, 11) is 0. The first-order valence-electron chi connectivity index (χ1n) is 8.30. The van der Waals surface area contributed by atoms with Crippen molar-refractivity contribution < 1.29 is 4.74 Å². The summed E-state index contributed by atoms with van der Waals surface area (Å²) in [5, 5.41) is 0. The Morgan fingerprint density at radius 1 is 0.667 bits per heavy atom. The number of nitrogens with zero attached hydrogens (tertiary/aromatic N) is 1. The van der Waals surface area contributed by atoms with E-state index < -0.39 is 0 Å². The molecule has 0 bridgehead atoms. The van der Waals surface area contributed by atoms with Crippen LogP contribution >= 0.6 is 0 Å². The van der Waals surface area contributed by atoms with Gasteiger partial charge in [-0.2, -0.15) is 0 Å². The maximum atomic E-state index is 6.26. The number of benzene rings is 3. The summed E-state index contributed by atoms with van der Waals surface area (Å²) in [6.07, 6.45) is 0.869. The van der Waals surface area contributed by atoms with E-state index in [2.05, 4.69) is 48.5 Å². The van der Waals surface area contributed by atoms with Crippen molar-refractivity contribution in [2.75, 3.05) is 0 Å². The smallest absolute Gasteiger partial charge is 0.217 e. The van der Waals surface area contributed by atoms with Gasteiger partial charge < -0.3 is 4.74 Å². The van der Waals surface area contributed by atoms with Gasteiger partial charge in [-0.15, -0.1) is 0 Å². The molecule has 3 aromatic rings. The summed E-state index contributed by atoms with van der Waals surface area (Å²) >= 11 is 0. The average Bonchev–Trinajstić information content (AvgIpc) is 2.70. The molecule has 2 heteroatoms. The molecule has 24 heavy (non-hydrogen) atoms. The predicted molar refractivity (Wildman–Crippen MR) is 97.0 cm³/mol. The Hall–Kier alpha value is -2.87. The maximum Gasteiger partial charge on any atom is 0.217 e. The van der Waals surface area contributed by atoms with Crippen LogP contribution in [0.5, 0.6) is 0 Å². The molecule has 0 saturated carbocycles. The normalized spacial score (nSPS) is 20.1. The monoisotopic (exact) mass is 313 g/mol. The minimum absolute atomic E-state index is 0.0177. The zero-order valence-corrected chi connectivity index (χ0v) is 13.4. The highest BCUT2D eigenvalue weighted by Gasteiger charge is 2.27. The molecule has 0 spiro atoms. The Kier molecular flexibility index (Phi) is 4.11. The minimum Gasteiger partial charge on any atom is -0.469 e. The van der Waals surface area contributed by atoms with Gasteiger partial charge in [-0.25, -0.2) is 4.99 Å². The van der Waals surface area contributed by atoms with Gasteiger partial charge in [0.2, 0.25) is 5.90 Å². The zero-order chi connectivity index (χ0) is 16.2. The van der Waals surface area contributed by atoms with Gasteiger partial charge in [-0.3, -0.25) is 0 Å². The van der Waals surface area contributed by atoms with E-state index in [1.165, 1.54) is 11.1 Å². The Balaban J connectivity index is 1.73. The molecule has 4 rings (SSSR count). The lowest BCUT2D eigenvalue weighted by Gasteiger charge is -2.29. The molecule has 0 fully saturated rings. The molecule has 0 aliphatic carbocycles. The first-order chi connectivity index (χ1) is 11.9. The molecule has 3 aromatic carbocycles. The predicted octanol–water partition coefficient (Wildman–Crippen LogP) is 5.34. The number of hydrogen-bond acceptors (Lipinski definition) is 2. The van der Waals surface area contributed by atoms with Crippen molar-refractivity contribution in [1.29, 1.82) is 0 Å². The molecular formula is C22H19NO. The third-order valence-electron chi connectivity index (χ3n) is 4.34. The molecular weight excluding hydrogens is 294 g/mol. The number of ether oxygens (including phenoxy) is 1. The maximum absolute atomic E-state index is 6.26. The molecule has 0 N–H and O–H groups in total. The first kappa shape index (κ1) is 14.7. The highest BCUT2D eigenvalue weighted by atomic mass is 16.5. The molecule has 1 aliphatic rings. The van der Waals surface area contributed by atoms with E-state index >= 15 is 0 Å². The van der Waals surface area contributed by atoms with Crippen molar-refractivity contribution in [1.82, 2.24) is 0 Å². The second kappa shape index (κ2) is 6.71. The number of rotatable bonds is 3. The molecule has 0 radical (unpaired) electrons. The van der Waals surface area contributed by atoms with Crippen molar-refractivity contribution >= 4 is 5.90 Å². The molecule has 0 aromatic heterocycles. The standard InChI is InChI=1S/C22H19NO/c1-4-10-17(11-5-1)20-16-21(18-12-6-2-7-13-18)24-22(23-20)19-14-8-3-9-15-19/h1-15,20-21H,16H2/t20-,21+/m1/s1. The van der Waals surface area contributed by atoms with Crippen molar-refractivity contribution in [2.45, 2.75) is 18.6 Å². The zero-order valence-electron chi connectivity index (χ0n) is 13.4. The second-order valence-electron chi connectivity index (χ2n) is 5.98. The van der Waals surface area contributed by atoms with E-state index in [4.69, 9.17) is 9.73 Å². The SMILES string of the molecule is c1ccc(C2=N[C@@H](c3ccccc3)C[C@@H](c3ccccc3)O2)cc1. The van der Waals surface area contributed by atoms with Gasteiger partial charge in [0.05, 0.1) is 6.04 Å². The number of aliphatic imine (C=N–C) groups is 1. The Morgan fingerprint density at radius 3 is 1.83 bits per heavy atom. The van der Waals surface area contributed by atoms with E-state index in [9.17, 15) is 0 Å². The summed E-state index contributed by atoms with van der Waals surface area (Å²) in [5.74, 6) is 0.726. The van der Waals surface area contributed by atoms with Gasteiger partial charge in [0.15, 0.2) is 0 Å². The van der Waals surface area contributed by atoms with E-state index in [0.29, 0.717) is 0 Å². The van der Waals surface area contributed by atoms with Crippen LogP contribution in [0.3, 0.4) is 0 Å². The minimum atomic E-state index is 0.0177. The fourth-order valence-electron chi connectivity index (χ4n) is 3.09. The third-order valence-corrected chi connectivity index (χ3v) is 4.34. The van der Waals surface area contributed by atoms with Crippen LogP contribution in [0, 0.1) is 0 Å². The fraction of sp³-hybridized carbons (Fsp3) is 0.136. The van der Waals surface area contributed by atoms with Crippen LogP contribution in [0.2, 0.25) is 0 Å². The Labute approximate surface area is 142 Å². The Bertz CT molecular complexity index is 812. The largest absolute Gasteiger partial charge is 0.469 e. The molecule has 2 nitrogen and oxygen atoms in total. The van der Waals surface area contributed by atoms with Crippen LogP contribution in [0.4, 0.5) is 0 Å². The van der Waals surface area contributed by atoms with Gasteiger partial charge in [-0.1, -0.05) is 78.9 Å². The van der Waals surface area contributed by atoms with E-state index in [-0.39, 0.29) is 12.1 Å². The topological polar surface area (TPSA) is 21.6 Å². The highest BCUT2D eigenvalue weighted by molar-refractivity contribution is 5.94. The highest BCUT2D eigenvalue weighted by Crippen LogP contribution is 2.36. The summed E-state index contributed by atoms with van der Waals surface area (Å²) < 4.78 is 6.26. The molecule has 118 valence electrons.